The maximum Gasteiger partial charge on any atom is 0.351 e. The Morgan fingerprint density at radius 3 is 2.00 bits per heavy atom. The lowest BCUT2D eigenvalue weighted by Gasteiger charge is -2.09. The zero-order chi connectivity index (χ0) is 19.6. The van der Waals surface area contributed by atoms with Crippen LogP contribution in [0.25, 0.3) is 0 Å². The molecule has 150 valence electrons. The molecule has 0 atom stereocenters. The number of H-pyrrole nitrogens is 1. The molecule has 0 radical (unpaired) electrons. The number of fused-ring (bicyclic) bond motifs is 14. The Balaban J connectivity index is 1.70. The van der Waals surface area contributed by atoms with Crippen LogP contribution in [0.2, 0.25) is 0 Å². The molecule has 28 heavy (non-hydrogen) atoms. The summed E-state index contributed by atoms with van der Waals surface area (Å²) in [6.07, 6.45) is 9.19. The highest BCUT2D eigenvalue weighted by molar-refractivity contribution is 5.94. The van der Waals surface area contributed by atoms with Crippen molar-refractivity contribution in [3.63, 3.8) is 0 Å². The first-order valence-electron chi connectivity index (χ1n) is 10.1. The first-order valence-corrected chi connectivity index (χ1v) is 10.1. The first-order chi connectivity index (χ1) is 13.7. The molecule has 3 heterocycles. The number of carbonyl (C=O) groups is 1. The molecule has 0 spiro atoms. The third kappa shape index (κ3) is 6.37. The minimum Gasteiger partial charge on any atom is -0.354 e. The molecule has 1 amide bonds. The van der Waals surface area contributed by atoms with Crippen molar-refractivity contribution >= 4 is 23.5 Å². The highest BCUT2D eigenvalue weighted by Gasteiger charge is 2.07. The smallest absolute Gasteiger partial charge is 0.351 e. The van der Waals surface area contributed by atoms with E-state index in [0.29, 0.717) is 24.0 Å². The summed E-state index contributed by atoms with van der Waals surface area (Å²) in [6.45, 7) is 1.45. The summed E-state index contributed by atoms with van der Waals surface area (Å²) < 4.78 is 0. The third-order valence-corrected chi connectivity index (χ3v) is 4.73. The fraction of sp³-hybridized carbons (Fsp3) is 0.500. The predicted molar refractivity (Wildman–Crippen MR) is 110 cm³/mol. The lowest BCUT2D eigenvalue weighted by molar-refractivity contribution is 0.0953. The summed E-state index contributed by atoms with van der Waals surface area (Å²) in [5.41, 5.74) is 0.868. The minimum atomic E-state index is -0.464. The van der Waals surface area contributed by atoms with E-state index in [-0.39, 0.29) is 5.91 Å². The highest BCUT2D eigenvalue weighted by atomic mass is 16.1. The Hall–Kier alpha value is -2.90. The van der Waals surface area contributed by atoms with Crippen LogP contribution in [-0.4, -0.2) is 33.9 Å². The van der Waals surface area contributed by atoms with Gasteiger partial charge in [0.1, 0.15) is 0 Å². The number of hydrogen-bond donors (Lipinski definition) is 4. The lowest BCUT2D eigenvalue weighted by Crippen LogP contribution is -2.24. The molecule has 1 aromatic carbocycles. The van der Waals surface area contributed by atoms with Crippen molar-refractivity contribution in [2.45, 2.75) is 51.4 Å². The minimum absolute atomic E-state index is 0.0700. The number of carbonyl (C=O) groups excluding carboxylic acids is 1. The van der Waals surface area contributed by atoms with Gasteiger partial charge in [0.25, 0.3) is 5.91 Å². The number of rotatable bonds is 0. The van der Waals surface area contributed by atoms with E-state index in [1.165, 1.54) is 25.7 Å². The van der Waals surface area contributed by atoms with E-state index in [2.05, 4.69) is 30.9 Å². The van der Waals surface area contributed by atoms with Gasteiger partial charge < -0.3 is 16.0 Å². The van der Waals surface area contributed by atoms with Crippen molar-refractivity contribution in [3.8, 4) is 0 Å². The molecule has 8 heteroatoms. The maximum absolute atomic E-state index is 12.2. The van der Waals surface area contributed by atoms with Gasteiger partial charge in [-0.25, -0.2) is 4.79 Å². The van der Waals surface area contributed by atoms with Crippen LogP contribution < -0.4 is 21.6 Å². The Bertz CT molecular complexity index is 818. The topological polar surface area (TPSA) is 112 Å². The summed E-state index contributed by atoms with van der Waals surface area (Å²) >= 11 is 0. The van der Waals surface area contributed by atoms with Crippen molar-refractivity contribution in [2.75, 3.05) is 23.7 Å². The quantitative estimate of drug-likeness (QED) is 0.555. The average molecular weight is 384 g/mol. The maximum atomic E-state index is 12.2. The average Bonchev–Trinajstić information content (AvgIpc) is 2.68. The Morgan fingerprint density at radius 2 is 1.32 bits per heavy atom. The molecule has 0 unspecified atom stereocenters. The van der Waals surface area contributed by atoms with Crippen LogP contribution >= 0.6 is 0 Å². The second-order valence-corrected chi connectivity index (χ2v) is 7.04. The van der Waals surface area contributed by atoms with Crippen LogP contribution in [0.3, 0.4) is 0 Å². The fourth-order valence-corrected chi connectivity index (χ4v) is 3.18. The Labute approximate surface area is 164 Å². The van der Waals surface area contributed by atoms with Gasteiger partial charge in [0.15, 0.2) is 0 Å². The van der Waals surface area contributed by atoms with E-state index < -0.39 is 5.69 Å². The van der Waals surface area contributed by atoms with Gasteiger partial charge in [-0.2, -0.15) is 9.97 Å². The zero-order valence-electron chi connectivity index (χ0n) is 16.1. The van der Waals surface area contributed by atoms with E-state index in [0.717, 1.165) is 37.9 Å². The number of hydrogen-bond acceptors (Lipinski definition) is 6. The Morgan fingerprint density at radius 1 is 0.714 bits per heavy atom. The molecule has 2 aliphatic heterocycles. The molecule has 8 nitrogen and oxygen atoms in total. The van der Waals surface area contributed by atoms with E-state index in [1.54, 1.807) is 24.3 Å². The normalized spacial score (nSPS) is 16.9. The number of nitrogens with one attached hydrogen (secondary N) is 4. The predicted octanol–water partition coefficient (Wildman–Crippen LogP) is 3.18. The van der Waals surface area contributed by atoms with Gasteiger partial charge in [-0.1, -0.05) is 38.5 Å². The molecule has 4 N–H and O–H groups in total. The number of anilines is 3. The Kier molecular flexibility index (Phi) is 7.40. The van der Waals surface area contributed by atoms with Crippen LogP contribution in [-0.2, 0) is 0 Å². The molecule has 4 bridgehead atoms. The zero-order valence-corrected chi connectivity index (χ0v) is 16.1. The number of benzene rings is 1. The van der Waals surface area contributed by atoms with Gasteiger partial charge in [0, 0.05) is 24.3 Å². The van der Waals surface area contributed by atoms with Crippen molar-refractivity contribution in [2.24, 2.45) is 0 Å². The number of amides is 1. The number of nitrogens with zero attached hydrogens (tertiary/aromatic N) is 2. The number of aromatic nitrogens is 3. The van der Waals surface area contributed by atoms with E-state index >= 15 is 0 Å². The molecular formula is C20H28N6O2. The summed E-state index contributed by atoms with van der Waals surface area (Å²) in [7, 11) is 0. The summed E-state index contributed by atoms with van der Waals surface area (Å²) in [6, 6.07) is 7.06. The molecule has 2 aromatic rings. The second kappa shape index (κ2) is 10.4. The van der Waals surface area contributed by atoms with E-state index in [1.807, 2.05) is 0 Å². The van der Waals surface area contributed by atoms with Crippen molar-refractivity contribution < 1.29 is 4.79 Å². The van der Waals surface area contributed by atoms with Crippen LogP contribution in [0.5, 0.6) is 0 Å². The largest absolute Gasteiger partial charge is 0.354 e. The van der Waals surface area contributed by atoms with E-state index in [4.69, 9.17) is 0 Å². The molecular weight excluding hydrogens is 356 g/mol. The summed E-state index contributed by atoms with van der Waals surface area (Å²) in [4.78, 5) is 34.8. The fourth-order valence-electron chi connectivity index (χ4n) is 3.18. The monoisotopic (exact) mass is 384 g/mol. The van der Waals surface area contributed by atoms with Crippen molar-refractivity contribution in [1.82, 2.24) is 20.3 Å². The number of aromatic amines is 1. The van der Waals surface area contributed by atoms with Gasteiger partial charge in [-0.05, 0) is 37.1 Å². The molecule has 4 rings (SSSR count). The van der Waals surface area contributed by atoms with Gasteiger partial charge in [0.05, 0.1) is 0 Å². The lowest BCUT2D eigenvalue weighted by atomic mass is 10.1. The van der Waals surface area contributed by atoms with E-state index in [9.17, 15) is 9.59 Å². The second-order valence-electron chi connectivity index (χ2n) is 7.04. The van der Waals surface area contributed by atoms with Crippen LogP contribution in [0.1, 0.15) is 61.7 Å². The SMILES string of the molecule is O=C1NCCCCCCCCCCNc2nc([nH]c(=O)n2)Nc2ccc1cc2. The molecule has 0 fully saturated rings. The highest BCUT2D eigenvalue weighted by Crippen LogP contribution is 2.14. The van der Waals surface area contributed by atoms with Gasteiger partial charge >= 0.3 is 5.69 Å². The van der Waals surface area contributed by atoms with Gasteiger partial charge in [-0.3, -0.25) is 9.78 Å². The summed E-state index contributed by atoms with van der Waals surface area (Å²) in [5.74, 6) is 0.554. The molecule has 0 saturated heterocycles. The molecule has 1 aromatic heterocycles. The van der Waals surface area contributed by atoms with Crippen LogP contribution in [0.15, 0.2) is 29.1 Å². The molecule has 0 aliphatic carbocycles. The first kappa shape index (κ1) is 19.9. The van der Waals surface area contributed by atoms with Crippen molar-refractivity contribution in [3.05, 3.63) is 40.3 Å². The molecule has 2 aliphatic rings. The van der Waals surface area contributed by atoms with Gasteiger partial charge in [-0.15, -0.1) is 0 Å². The third-order valence-electron chi connectivity index (χ3n) is 4.73. The standard InChI is InChI=1S/C20H28N6O2/c27-17-15-9-11-16(12-10-15)23-19-24-18(25-20(28)26-19)22-14-8-6-4-2-1-3-5-7-13-21-17/h9-12H,1-8,13-14H2,(H,21,27)(H3,22,23,24,25,26,28). The molecule has 0 saturated carbocycles. The van der Waals surface area contributed by atoms with Crippen LogP contribution in [0, 0.1) is 0 Å². The van der Waals surface area contributed by atoms with Gasteiger partial charge in [0.2, 0.25) is 11.9 Å². The summed E-state index contributed by atoms with van der Waals surface area (Å²) in [5, 5.41) is 9.13. The van der Waals surface area contributed by atoms with Crippen molar-refractivity contribution in [1.29, 1.82) is 0 Å². The van der Waals surface area contributed by atoms with Crippen LogP contribution in [0.4, 0.5) is 17.6 Å².